The number of para-hydroxylation sites is 1. The molecule has 1 aromatic heterocycles. The summed E-state index contributed by atoms with van der Waals surface area (Å²) in [6, 6.07) is 6.30. The Balaban J connectivity index is 0.00000264. The molecule has 0 aliphatic carbocycles. The molecule has 0 saturated heterocycles. The molecule has 2 aromatic rings. The number of hydrogen-bond donors (Lipinski definition) is 2. The van der Waals surface area contributed by atoms with Crippen molar-refractivity contribution in [1.29, 1.82) is 0 Å². The van der Waals surface area contributed by atoms with Crippen LogP contribution in [0.15, 0.2) is 41.6 Å². The lowest BCUT2D eigenvalue weighted by Crippen LogP contribution is -2.23. The number of nitrogens with two attached hydrogens (primary N) is 1. The SMILES string of the molecule is CC(N)CC(=O)Nc1cnn(-c2ccccc2S(C)(=O)=O)c1.Cl. The average Bonchev–Trinajstić information content (AvgIpc) is 2.85. The van der Waals surface area contributed by atoms with Crippen molar-refractivity contribution in [3.8, 4) is 5.69 Å². The summed E-state index contributed by atoms with van der Waals surface area (Å²) in [6.07, 6.45) is 4.35. The quantitative estimate of drug-likeness (QED) is 0.839. The molecule has 3 N–H and O–H groups in total. The molecule has 0 aliphatic heterocycles. The number of amides is 1. The molecule has 2 rings (SSSR count). The molecule has 0 spiro atoms. The second kappa shape index (κ2) is 7.58. The maximum absolute atomic E-state index is 11.8. The first-order valence-corrected chi connectivity index (χ1v) is 8.56. The second-order valence-electron chi connectivity index (χ2n) is 5.14. The Bertz CT molecular complexity index is 787. The fraction of sp³-hybridized carbons (Fsp3) is 0.286. The van der Waals surface area contributed by atoms with Crippen molar-refractivity contribution in [3.63, 3.8) is 0 Å². The molecule has 0 saturated carbocycles. The van der Waals surface area contributed by atoms with E-state index < -0.39 is 9.84 Å². The van der Waals surface area contributed by atoms with Crippen LogP contribution < -0.4 is 11.1 Å². The maximum atomic E-state index is 11.8. The minimum Gasteiger partial charge on any atom is -0.327 e. The minimum atomic E-state index is -3.38. The smallest absolute Gasteiger partial charge is 0.226 e. The van der Waals surface area contributed by atoms with Crippen LogP contribution in [0.4, 0.5) is 5.69 Å². The number of benzene rings is 1. The first-order chi connectivity index (χ1) is 10.3. The number of hydrogen-bond acceptors (Lipinski definition) is 5. The summed E-state index contributed by atoms with van der Waals surface area (Å²) in [5.74, 6) is -0.217. The normalized spacial score (nSPS) is 12.3. The molecule has 1 heterocycles. The fourth-order valence-corrected chi connectivity index (χ4v) is 2.85. The van der Waals surface area contributed by atoms with E-state index in [1.54, 1.807) is 31.3 Å². The number of carbonyl (C=O) groups excluding carboxylic acids is 1. The third-order valence-corrected chi connectivity index (χ3v) is 4.03. The lowest BCUT2D eigenvalue weighted by atomic mass is 10.2. The zero-order chi connectivity index (χ0) is 16.3. The Kier molecular flexibility index (Phi) is 6.31. The highest BCUT2D eigenvalue weighted by Crippen LogP contribution is 2.20. The highest BCUT2D eigenvalue weighted by Gasteiger charge is 2.15. The summed E-state index contributed by atoms with van der Waals surface area (Å²) in [5.41, 5.74) is 6.47. The monoisotopic (exact) mass is 358 g/mol. The van der Waals surface area contributed by atoms with Crippen LogP contribution in [-0.4, -0.2) is 36.4 Å². The van der Waals surface area contributed by atoms with E-state index in [-0.39, 0.29) is 35.7 Å². The van der Waals surface area contributed by atoms with E-state index >= 15 is 0 Å². The van der Waals surface area contributed by atoms with Crippen LogP contribution in [0.25, 0.3) is 5.69 Å². The molecule has 1 atom stereocenters. The van der Waals surface area contributed by atoms with Crippen LogP contribution in [0.5, 0.6) is 0 Å². The number of rotatable bonds is 5. The summed E-state index contributed by atoms with van der Waals surface area (Å²) >= 11 is 0. The maximum Gasteiger partial charge on any atom is 0.226 e. The molecule has 0 radical (unpaired) electrons. The van der Waals surface area contributed by atoms with Gasteiger partial charge in [0.15, 0.2) is 9.84 Å². The van der Waals surface area contributed by atoms with Crippen LogP contribution in [0.3, 0.4) is 0 Å². The summed E-state index contributed by atoms with van der Waals surface area (Å²) in [6.45, 7) is 1.74. The van der Waals surface area contributed by atoms with E-state index in [9.17, 15) is 13.2 Å². The summed E-state index contributed by atoms with van der Waals surface area (Å²) in [7, 11) is -3.38. The molecule has 126 valence electrons. The molecule has 23 heavy (non-hydrogen) atoms. The van der Waals surface area contributed by atoms with Crippen LogP contribution in [0, 0.1) is 0 Å². The van der Waals surface area contributed by atoms with Crippen molar-refractivity contribution in [2.75, 3.05) is 11.6 Å². The van der Waals surface area contributed by atoms with Gasteiger partial charge in [-0.1, -0.05) is 12.1 Å². The van der Waals surface area contributed by atoms with E-state index in [1.807, 2.05) is 0 Å². The van der Waals surface area contributed by atoms with Gasteiger partial charge in [-0.25, -0.2) is 13.1 Å². The van der Waals surface area contributed by atoms with Crippen LogP contribution in [0.1, 0.15) is 13.3 Å². The van der Waals surface area contributed by atoms with Gasteiger partial charge in [0, 0.05) is 18.7 Å². The Labute approximate surface area is 141 Å². The Morgan fingerprint density at radius 3 is 2.65 bits per heavy atom. The molecule has 1 amide bonds. The molecule has 1 aromatic carbocycles. The second-order valence-corrected chi connectivity index (χ2v) is 7.13. The van der Waals surface area contributed by atoms with Gasteiger partial charge in [-0.3, -0.25) is 4.79 Å². The lowest BCUT2D eigenvalue weighted by Gasteiger charge is -2.07. The number of sulfone groups is 1. The highest BCUT2D eigenvalue weighted by molar-refractivity contribution is 7.90. The largest absolute Gasteiger partial charge is 0.327 e. The third kappa shape index (κ3) is 5.05. The molecule has 9 heteroatoms. The van der Waals surface area contributed by atoms with Crippen LogP contribution in [-0.2, 0) is 14.6 Å². The number of carbonyl (C=O) groups is 1. The van der Waals surface area contributed by atoms with Gasteiger partial charge in [-0.05, 0) is 19.1 Å². The molecular formula is C14H19ClN4O3S. The van der Waals surface area contributed by atoms with Crippen molar-refractivity contribution >= 4 is 33.8 Å². The summed E-state index contributed by atoms with van der Waals surface area (Å²) in [5, 5.41) is 6.77. The summed E-state index contributed by atoms with van der Waals surface area (Å²) in [4.78, 5) is 11.8. The first-order valence-electron chi connectivity index (χ1n) is 6.67. The Morgan fingerprint density at radius 2 is 2.04 bits per heavy atom. The van der Waals surface area contributed by atoms with E-state index in [1.165, 1.54) is 16.9 Å². The standard InChI is InChI=1S/C14H18N4O3S.ClH/c1-10(15)7-14(19)17-11-8-16-18(9-11)12-5-3-4-6-13(12)22(2,20)21;/h3-6,8-10H,7,15H2,1-2H3,(H,17,19);1H. The Hall–Kier alpha value is -1.90. The Morgan fingerprint density at radius 1 is 1.39 bits per heavy atom. The number of nitrogens with zero attached hydrogens (tertiary/aromatic N) is 2. The number of halogens is 1. The number of nitrogens with one attached hydrogen (secondary N) is 1. The van der Waals surface area contributed by atoms with Gasteiger partial charge in [0.25, 0.3) is 0 Å². The molecule has 7 nitrogen and oxygen atoms in total. The van der Waals surface area contributed by atoms with E-state index in [2.05, 4.69) is 10.4 Å². The first kappa shape index (κ1) is 19.1. The van der Waals surface area contributed by atoms with Crippen LogP contribution in [0.2, 0.25) is 0 Å². The lowest BCUT2D eigenvalue weighted by molar-refractivity contribution is -0.116. The summed E-state index contributed by atoms with van der Waals surface area (Å²) < 4.78 is 25.0. The highest BCUT2D eigenvalue weighted by atomic mass is 35.5. The predicted octanol–water partition coefficient (Wildman–Crippen LogP) is 1.37. The van der Waals surface area contributed by atoms with Crippen molar-refractivity contribution in [1.82, 2.24) is 9.78 Å². The zero-order valence-electron chi connectivity index (χ0n) is 12.8. The molecule has 0 fully saturated rings. The van der Waals surface area contributed by atoms with Crippen molar-refractivity contribution in [2.45, 2.75) is 24.3 Å². The van der Waals surface area contributed by atoms with Gasteiger partial charge in [0.05, 0.1) is 28.7 Å². The van der Waals surface area contributed by atoms with E-state index in [0.717, 1.165) is 6.26 Å². The average molecular weight is 359 g/mol. The van der Waals surface area contributed by atoms with Gasteiger partial charge < -0.3 is 11.1 Å². The number of anilines is 1. The van der Waals surface area contributed by atoms with Crippen molar-refractivity contribution in [3.05, 3.63) is 36.7 Å². The predicted molar refractivity (Wildman–Crippen MR) is 90.8 cm³/mol. The molecule has 0 bridgehead atoms. The fourth-order valence-electron chi connectivity index (χ4n) is 1.98. The minimum absolute atomic E-state index is 0. The van der Waals surface area contributed by atoms with Gasteiger partial charge in [0.1, 0.15) is 0 Å². The molecule has 1 unspecified atom stereocenters. The number of aromatic nitrogens is 2. The van der Waals surface area contributed by atoms with E-state index in [0.29, 0.717) is 11.4 Å². The van der Waals surface area contributed by atoms with Gasteiger partial charge in [-0.2, -0.15) is 5.10 Å². The van der Waals surface area contributed by atoms with Crippen molar-refractivity contribution < 1.29 is 13.2 Å². The van der Waals surface area contributed by atoms with Gasteiger partial charge >= 0.3 is 0 Å². The van der Waals surface area contributed by atoms with Crippen molar-refractivity contribution in [2.24, 2.45) is 5.73 Å². The third-order valence-electron chi connectivity index (χ3n) is 2.89. The van der Waals surface area contributed by atoms with Gasteiger partial charge in [-0.15, -0.1) is 12.4 Å². The van der Waals surface area contributed by atoms with Crippen LogP contribution >= 0.6 is 12.4 Å². The van der Waals surface area contributed by atoms with E-state index in [4.69, 9.17) is 5.73 Å². The topological polar surface area (TPSA) is 107 Å². The molecule has 0 aliphatic rings. The van der Waals surface area contributed by atoms with Gasteiger partial charge in [0.2, 0.25) is 5.91 Å². The zero-order valence-corrected chi connectivity index (χ0v) is 14.4. The molecular weight excluding hydrogens is 340 g/mol.